The van der Waals surface area contributed by atoms with E-state index >= 15 is 0 Å². The van der Waals surface area contributed by atoms with E-state index in [9.17, 15) is 13.2 Å². The van der Waals surface area contributed by atoms with Gasteiger partial charge in [-0.05, 0) is 80.4 Å². The van der Waals surface area contributed by atoms with E-state index in [2.05, 4.69) is 10.5 Å². The van der Waals surface area contributed by atoms with Gasteiger partial charge in [0.2, 0.25) is 10.0 Å². The normalized spacial score (nSPS) is 12.2. The van der Waals surface area contributed by atoms with Crippen molar-refractivity contribution in [2.24, 2.45) is 5.10 Å². The Morgan fingerprint density at radius 3 is 2.14 bits per heavy atom. The van der Waals surface area contributed by atoms with Gasteiger partial charge in [-0.25, -0.2) is 13.8 Å². The zero-order valence-electron chi connectivity index (χ0n) is 20.8. The molecule has 0 radical (unpaired) electrons. The van der Waals surface area contributed by atoms with Crippen molar-refractivity contribution < 1.29 is 22.7 Å². The van der Waals surface area contributed by atoms with Gasteiger partial charge in [-0.15, -0.1) is 0 Å². The van der Waals surface area contributed by atoms with Gasteiger partial charge in [0.25, 0.3) is 5.91 Å². The molecule has 190 valence electrons. The standard InChI is InChI=1S/C27H31N3O5S/c1-5-34-25-16-12-24(13-17-25)30(36(4,32)33)21(3)27(31)29-28-18-22-10-14-26(15-11-22)35-19-23-8-6-20(2)7-9-23/h6-18,21H,5,19H2,1-4H3,(H,29,31)/b28-18-/t21-/m0/s1. The molecule has 0 aliphatic carbocycles. The Balaban J connectivity index is 1.59. The zero-order chi connectivity index (χ0) is 26.1. The summed E-state index contributed by atoms with van der Waals surface area (Å²) in [7, 11) is -3.73. The average Bonchev–Trinajstić information content (AvgIpc) is 2.85. The molecule has 0 aromatic heterocycles. The smallest absolute Gasteiger partial charge is 0.263 e. The Labute approximate surface area is 212 Å². The van der Waals surface area contributed by atoms with E-state index in [-0.39, 0.29) is 0 Å². The van der Waals surface area contributed by atoms with E-state index < -0.39 is 22.0 Å². The van der Waals surface area contributed by atoms with Crippen molar-refractivity contribution in [1.82, 2.24) is 5.43 Å². The van der Waals surface area contributed by atoms with Crippen molar-refractivity contribution in [3.8, 4) is 11.5 Å². The third kappa shape index (κ3) is 7.58. The van der Waals surface area contributed by atoms with Crippen LogP contribution in [0.15, 0.2) is 77.9 Å². The molecule has 0 saturated heterocycles. The van der Waals surface area contributed by atoms with Crippen LogP contribution in [0.5, 0.6) is 11.5 Å². The van der Waals surface area contributed by atoms with Gasteiger partial charge in [-0.3, -0.25) is 9.10 Å². The Bertz CT molecular complexity index is 1270. The number of nitrogens with zero attached hydrogens (tertiary/aromatic N) is 2. The number of aryl methyl sites for hydroxylation is 1. The molecular weight excluding hydrogens is 478 g/mol. The van der Waals surface area contributed by atoms with E-state index in [1.807, 2.05) is 62.4 Å². The fourth-order valence-corrected chi connectivity index (χ4v) is 4.60. The van der Waals surface area contributed by atoms with Crippen LogP contribution < -0.4 is 19.2 Å². The van der Waals surface area contributed by atoms with E-state index in [0.717, 1.165) is 21.7 Å². The van der Waals surface area contributed by atoms with Crippen LogP contribution in [0.3, 0.4) is 0 Å². The van der Waals surface area contributed by atoms with Gasteiger partial charge in [0, 0.05) is 0 Å². The number of carbonyl (C=O) groups excluding carboxylic acids is 1. The van der Waals surface area contributed by atoms with Gasteiger partial charge < -0.3 is 9.47 Å². The first-order valence-corrected chi connectivity index (χ1v) is 13.4. The minimum absolute atomic E-state index is 0.355. The molecule has 0 saturated carbocycles. The third-order valence-corrected chi connectivity index (χ3v) is 6.53. The fourth-order valence-electron chi connectivity index (χ4n) is 3.43. The first kappa shape index (κ1) is 26.7. The second-order valence-corrected chi connectivity index (χ2v) is 10.1. The molecule has 0 heterocycles. The maximum absolute atomic E-state index is 12.7. The number of hydrogen-bond donors (Lipinski definition) is 1. The maximum Gasteiger partial charge on any atom is 0.263 e. The number of anilines is 1. The molecule has 0 aliphatic rings. The van der Waals surface area contributed by atoms with Crippen LogP contribution in [0, 0.1) is 6.92 Å². The first-order chi connectivity index (χ1) is 17.2. The van der Waals surface area contributed by atoms with E-state index in [4.69, 9.17) is 9.47 Å². The molecule has 1 N–H and O–H groups in total. The first-order valence-electron chi connectivity index (χ1n) is 11.5. The monoisotopic (exact) mass is 509 g/mol. The number of benzene rings is 3. The highest BCUT2D eigenvalue weighted by molar-refractivity contribution is 7.92. The van der Waals surface area contributed by atoms with Gasteiger partial charge in [0.15, 0.2) is 0 Å². The highest BCUT2D eigenvalue weighted by Crippen LogP contribution is 2.24. The number of nitrogens with one attached hydrogen (secondary N) is 1. The second-order valence-electron chi connectivity index (χ2n) is 8.24. The van der Waals surface area contributed by atoms with Crippen LogP contribution in [0.2, 0.25) is 0 Å². The number of carbonyl (C=O) groups is 1. The molecule has 3 aromatic rings. The highest BCUT2D eigenvalue weighted by Gasteiger charge is 2.29. The molecule has 3 aromatic carbocycles. The Morgan fingerprint density at radius 1 is 0.972 bits per heavy atom. The number of hydrazone groups is 1. The predicted octanol–water partition coefficient (Wildman–Crippen LogP) is 4.28. The maximum atomic E-state index is 12.7. The summed E-state index contributed by atoms with van der Waals surface area (Å²) in [5.74, 6) is 0.760. The molecule has 0 fully saturated rings. The van der Waals surface area contributed by atoms with Crippen LogP contribution in [0.1, 0.15) is 30.5 Å². The van der Waals surface area contributed by atoms with Crippen LogP contribution in [0.25, 0.3) is 0 Å². The topological polar surface area (TPSA) is 97.3 Å². The van der Waals surface area contributed by atoms with Crippen LogP contribution >= 0.6 is 0 Å². The number of rotatable bonds is 11. The van der Waals surface area contributed by atoms with E-state index in [1.54, 1.807) is 24.3 Å². The Morgan fingerprint density at radius 2 is 1.56 bits per heavy atom. The SMILES string of the molecule is CCOc1ccc(N([C@@H](C)C(=O)N/N=C\c2ccc(OCc3ccc(C)cc3)cc2)S(C)(=O)=O)cc1. The number of sulfonamides is 1. The lowest BCUT2D eigenvalue weighted by Crippen LogP contribution is -2.46. The molecule has 3 rings (SSSR count). The zero-order valence-corrected chi connectivity index (χ0v) is 21.7. The van der Waals surface area contributed by atoms with Gasteiger partial charge in [-0.2, -0.15) is 5.10 Å². The average molecular weight is 510 g/mol. The number of hydrogen-bond acceptors (Lipinski definition) is 6. The molecule has 1 amide bonds. The molecular formula is C27H31N3O5S. The number of ether oxygens (including phenoxy) is 2. The summed E-state index contributed by atoms with van der Waals surface area (Å²) in [4.78, 5) is 12.7. The number of amides is 1. The van der Waals surface area contributed by atoms with Gasteiger partial charge in [0.1, 0.15) is 24.1 Å². The van der Waals surface area contributed by atoms with Crippen molar-refractivity contribution in [3.63, 3.8) is 0 Å². The molecule has 0 bridgehead atoms. The summed E-state index contributed by atoms with van der Waals surface area (Å²) in [5, 5.41) is 3.98. The quantitative estimate of drug-likeness (QED) is 0.307. The molecule has 0 unspecified atom stereocenters. The lowest BCUT2D eigenvalue weighted by molar-refractivity contribution is -0.121. The van der Waals surface area contributed by atoms with Crippen LogP contribution in [-0.4, -0.2) is 39.4 Å². The summed E-state index contributed by atoms with van der Waals surface area (Å²) in [6.45, 7) is 6.36. The van der Waals surface area contributed by atoms with Gasteiger partial charge in [0.05, 0.1) is 24.8 Å². The van der Waals surface area contributed by atoms with Crippen molar-refractivity contribution in [1.29, 1.82) is 0 Å². The Hall–Kier alpha value is -3.85. The second kappa shape index (κ2) is 12.2. The van der Waals surface area contributed by atoms with Crippen molar-refractivity contribution in [2.75, 3.05) is 17.2 Å². The minimum Gasteiger partial charge on any atom is -0.494 e. The fraction of sp³-hybridized carbons (Fsp3) is 0.259. The van der Waals surface area contributed by atoms with Crippen molar-refractivity contribution >= 4 is 27.8 Å². The summed E-state index contributed by atoms with van der Waals surface area (Å²) in [5.41, 5.74) is 5.80. The third-order valence-electron chi connectivity index (χ3n) is 5.29. The summed E-state index contributed by atoms with van der Waals surface area (Å²) in [6.07, 6.45) is 2.54. The molecule has 1 atom stereocenters. The van der Waals surface area contributed by atoms with E-state index in [0.29, 0.717) is 30.4 Å². The largest absolute Gasteiger partial charge is 0.494 e. The van der Waals surface area contributed by atoms with Gasteiger partial charge in [-0.1, -0.05) is 29.8 Å². The molecule has 36 heavy (non-hydrogen) atoms. The molecule has 9 heteroatoms. The predicted molar refractivity (Wildman–Crippen MR) is 142 cm³/mol. The summed E-state index contributed by atoms with van der Waals surface area (Å²) >= 11 is 0. The summed E-state index contributed by atoms with van der Waals surface area (Å²) in [6, 6.07) is 20.9. The molecule has 8 nitrogen and oxygen atoms in total. The Kier molecular flexibility index (Phi) is 9.08. The van der Waals surface area contributed by atoms with Gasteiger partial charge >= 0.3 is 0 Å². The van der Waals surface area contributed by atoms with Crippen molar-refractivity contribution in [2.45, 2.75) is 33.4 Å². The molecule has 0 spiro atoms. The summed E-state index contributed by atoms with van der Waals surface area (Å²) < 4.78 is 37.1. The van der Waals surface area contributed by atoms with Crippen LogP contribution in [0.4, 0.5) is 5.69 Å². The lowest BCUT2D eigenvalue weighted by atomic mass is 10.2. The minimum atomic E-state index is -3.73. The molecule has 0 aliphatic heterocycles. The van der Waals surface area contributed by atoms with Crippen LogP contribution in [-0.2, 0) is 21.4 Å². The van der Waals surface area contributed by atoms with Crippen molar-refractivity contribution in [3.05, 3.63) is 89.5 Å². The highest BCUT2D eigenvalue weighted by atomic mass is 32.2. The van der Waals surface area contributed by atoms with E-state index in [1.165, 1.54) is 18.7 Å². The lowest BCUT2D eigenvalue weighted by Gasteiger charge is -2.27.